The van der Waals surface area contributed by atoms with E-state index >= 15 is 0 Å². The molecule has 0 radical (unpaired) electrons. The van der Waals surface area contributed by atoms with Gasteiger partial charge in [0.05, 0.1) is 0 Å². The van der Waals surface area contributed by atoms with E-state index in [0.29, 0.717) is 52.9 Å². The van der Waals surface area contributed by atoms with Gasteiger partial charge in [0.1, 0.15) is 37.3 Å². The summed E-state index contributed by atoms with van der Waals surface area (Å²) in [6.45, 7) is 8.14. The summed E-state index contributed by atoms with van der Waals surface area (Å²) in [6, 6.07) is 33.1. The first kappa shape index (κ1) is 62.6. The number of aryl methyl sites for hydroxylation is 1. The molecule has 0 aliphatic carbocycles. The van der Waals surface area contributed by atoms with Crippen LogP contribution in [-0.2, 0) is 34.0 Å². The van der Waals surface area contributed by atoms with Crippen LogP contribution < -0.4 is 30.7 Å². The first-order valence-electron chi connectivity index (χ1n) is 26.4. The van der Waals surface area contributed by atoms with Crippen molar-refractivity contribution in [3.8, 4) is 31.7 Å². The fraction of sp³-hybridized carbons (Fsp3) is 0.213. The number of amides is 6. The number of carbonyl (C=O) groups excluding carboxylic acids is 6. The van der Waals surface area contributed by atoms with Crippen molar-refractivity contribution >= 4 is 98.1 Å². The Morgan fingerprint density at radius 1 is 0.488 bits per heavy atom. The van der Waals surface area contributed by atoms with Gasteiger partial charge in [-0.15, -0.1) is 34.0 Å². The van der Waals surface area contributed by atoms with Gasteiger partial charge >= 0.3 is 0 Å². The number of hydrogen-bond acceptors (Lipinski definition) is 15. The summed E-state index contributed by atoms with van der Waals surface area (Å²) < 4.78 is 13.5. The van der Waals surface area contributed by atoms with Crippen molar-refractivity contribution in [1.82, 2.24) is 45.9 Å². The lowest BCUT2D eigenvalue weighted by Gasteiger charge is -2.16. The van der Waals surface area contributed by atoms with Gasteiger partial charge in [0, 0.05) is 145 Å². The van der Waals surface area contributed by atoms with Crippen molar-refractivity contribution in [2.75, 3.05) is 35.8 Å². The minimum absolute atomic E-state index is 0.0333. The van der Waals surface area contributed by atoms with E-state index in [1.165, 1.54) is 40.2 Å². The minimum atomic E-state index is -0.603. The zero-order chi connectivity index (χ0) is 60.3. The maximum absolute atomic E-state index is 13.5. The first-order chi connectivity index (χ1) is 40.5. The Bertz CT molecular complexity index is 3550. The van der Waals surface area contributed by atoms with Crippen molar-refractivity contribution in [2.45, 2.75) is 66.6 Å². The summed E-state index contributed by atoms with van der Waals surface area (Å²) in [4.78, 5) is 102. The molecule has 3 aromatic carbocycles. The lowest BCUT2D eigenvalue weighted by molar-refractivity contribution is -0.118. The summed E-state index contributed by atoms with van der Waals surface area (Å²) in [6.07, 6.45) is 6.06. The van der Waals surface area contributed by atoms with E-state index < -0.39 is 5.95 Å². The number of pyridine rings is 3. The highest BCUT2D eigenvalue weighted by atomic mass is 35.5. The second-order valence-electron chi connectivity index (χ2n) is 18.4. The molecule has 0 atom stereocenters. The minimum Gasteiger partial charge on any atom is -0.347 e. The van der Waals surface area contributed by atoms with Crippen LogP contribution in [0.25, 0.3) is 31.7 Å². The topological polar surface area (TPSA) is 226 Å². The standard InChI is InChI=1S/C21H22N4O2S.C20H19ClN4O2S.C20H19FN4O2S/c1-4-19(26)25(3)17-9-7-16(8-10-17)21-24-18(13-28-21)20(27)23-12-15-6-5-14(2)22-11-15;2*1-3-17(26)25(2)15-8-6-13(7-9-15)20-24-16(12-28-20)19(27)23-11-14-5-4-10-22-18(14)21/h5-11,13H,4,12H2,1-3H3,(H,23,27);2*4-10,12H,3,11H2,1-2H3,(H,23,27). The third-order valence-electron chi connectivity index (χ3n) is 12.7. The Hall–Kier alpha value is -8.96. The highest BCUT2D eigenvalue weighted by Gasteiger charge is 2.18. The van der Waals surface area contributed by atoms with E-state index in [0.717, 1.165) is 60.6 Å². The van der Waals surface area contributed by atoms with E-state index in [1.807, 2.05) is 119 Å². The Kier molecular flexibility index (Phi) is 22.6. The van der Waals surface area contributed by atoms with Crippen LogP contribution in [0.3, 0.4) is 0 Å². The highest BCUT2D eigenvalue weighted by molar-refractivity contribution is 7.14. The second-order valence-corrected chi connectivity index (χ2v) is 21.4. The maximum atomic E-state index is 13.5. The van der Waals surface area contributed by atoms with Gasteiger partial charge in [0.15, 0.2) is 0 Å². The van der Waals surface area contributed by atoms with Gasteiger partial charge in [-0.25, -0.2) is 24.9 Å². The van der Waals surface area contributed by atoms with Crippen LogP contribution >= 0.6 is 45.6 Å². The third-order valence-corrected chi connectivity index (χ3v) is 15.7. The van der Waals surface area contributed by atoms with Gasteiger partial charge in [0.25, 0.3) is 17.7 Å². The van der Waals surface area contributed by atoms with Gasteiger partial charge in [-0.2, -0.15) is 4.39 Å². The van der Waals surface area contributed by atoms with E-state index in [4.69, 9.17) is 11.6 Å². The molecule has 0 bridgehead atoms. The number of benzene rings is 3. The van der Waals surface area contributed by atoms with Gasteiger partial charge in [-0.05, 0) is 103 Å². The van der Waals surface area contributed by atoms with Gasteiger partial charge in [0.2, 0.25) is 23.7 Å². The van der Waals surface area contributed by atoms with Crippen LogP contribution in [0, 0.1) is 12.9 Å². The SMILES string of the molecule is CCC(=O)N(C)c1ccc(-c2nc(C(=O)NCc3ccc(C)nc3)cs2)cc1.CCC(=O)N(C)c1ccc(-c2nc(C(=O)NCc3cccnc3Cl)cs2)cc1.CCC(=O)N(C)c1ccc(-c2nc(C(=O)NCc3cccnc3F)cs2)cc1. The molecule has 0 aliphatic heterocycles. The predicted molar refractivity (Wildman–Crippen MR) is 330 cm³/mol. The molecule has 0 saturated heterocycles. The predicted octanol–water partition coefficient (Wildman–Crippen LogP) is 11.6. The monoisotopic (exact) mass is 1210 g/mol. The van der Waals surface area contributed by atoms with Crippen LogP contribution in [-0.4, -0.2) is 86.5 Å². The average Bonchev–Trinajstić information content (AvgIpc) is 4.44. The summed E-state index contributed by atoms with van der Waals surface area (Å²) in [5.74, 6) is -1.32. The van der Waals surface area contributed by atoms with Gasteiger partial charge in [-0.1, -0.05) is 50.6 Å². The summed E-state index contributed by atoms with van der Waals surface area (Å²) in [7, 11) is 5.25. The number of nitrogens with one attached hydrogen (secondary N) is 3. The zero-order valence-electron chi connectivity index (χ0n) is 47.1. The summed E-state index contributed by atoms with van der Waals surface area (Å²) >= 11 is 10.1. The average molecular weight is 1210 g/mol. The van der Waals surface area contributed by atoms with Crippen molar-refractivity contribution in [3.63, 3.8) is 0 Å². The summed E-state index contributed by atoms with van der Waals surface area (Å²) in [5.41, 5.74) is 9.04. The Morgan fingerprint density at radius 2 is 0.857 bits per heavy atom. The quantitative estimate of drug-likeness (QED) is 0.0682. The molecule has 9 rings (SSSR count). The van der Waals surface area contributed by atoms with Gasteiger partial charge in [-0.3, -0.25) is 33.8 Å². The molecule has 9 aromatic rings. The molecule has 6 heterocycles. The number of anilines is 3. The van der Waals surface area contributed by atoms with E-state index in [2.05, 4.69) is 45.9 Å². The van der Waals surface area contributed by atoms with Crippen molar-refractivity contribution in [1.29, 1.82) is 0 Å². The zero-order valence-corrected chi connectivity index (χ0v) is 50.3. The molecule has 432 valence electrons. The number of hydrogen-bond donors (Lipinski definition) is 3. The van der Waals surface area contributed by atoms with Crippen LogP contribution in [0.15, 0.2) is 144 Å². The maximum Gasteiger partial charge on any atom is 0.271 e. The number of thiazole rings is 3. The molecule has 6 amide bonds. The van der Waals surface area contributed by atoms with Crippen LogP contribution in [0.2, 0.25) is 5.15 Å². The number of carbonyl (C=O) groups is 6. The molecule has 84 heavy (non-hydrogen) atoms. The molecule has 18 nitrogen and oxygen atoms in total. The fourth-order valence-corrected chi connectivity index (χ4v) is 10.3. The molecule has 0 aliphatic rings. The van der Waals surface area contributed by atoms with E-state index in [9.17, 15) is 33.2 Å². The second kappa shape index (κ2) is 30.4. The molecule has 0 spiro atoms. The third kappa shape index (κ3) is 17.1. The smallest absolute Gasteiger partial charge is 0.271 e. The Labute approximate surface area is 502 Å². The molecular formula is C61H60ClFN12O6S3. The molecule has 3 N–H and O–H groups in total. The fourth-order valence-electron chi connectivity index (χ4n) is 7.67. The normalized spacial score (nSPS) is 10.5. The lowest BCUT2D eigenvalue weighted by atomic mass is 10.2. The largest absolute Gasteiger partial charge is 0.347 e. The van der Waals surface area contributed by atoms with Crippen molar-refractivity contribution in [3.05, 3.63) is 194 Å². The van der Waals surface area contributed by atoms with Crippen LogP contribution in [0.5, 0.6) is 0 Å². The summed E-state index contributed by atoms with van der Waals surface area (Å²) in [5, 5.41) is 16.0. The number of aromatic nitrogens is 6. The van der Waals surface area contributed by atoms with Crippen molar-refractivity contribution < 1.29 is 33.2 Å². The lowest BCUT2D eigenvalue weighted by Crippen LogP contribution is -2.24. The van der Waals surface area contributed by atoms with Gasteiger partial charge < -0.3 is 30.7 Å². The molecule has 0 unspecified atom stereocenters. The highest BCUT2D eigenvalue weighted by Crippen LogP contribution is 2.29. The molecule has 23 heteroatoms. The number of nitrogens with zero attached hydrogens (tertiary/aromatic N) is 9. The Balaban J connectivity index is 0.000000181. The van der Waals surface area contributed by atoms with Crippen LogP contribution in [0.1, 0.15) is 93.9 Å². The molecular weight excluding hydrogens is 1150 g/mol. The molecule has 6 aromatic heterocycles. The van der Waals surface area contributed by atoms with E-state index in [-0.39, 0.29) is 54.2 Å². The molecule has 0 fully saturated rings. The number of halogens is 2. The van der Waals surface area contributed by atoms with Crippen LogP contribution in [0.4, 0.5) is 21.5 Å². The molecule has 0 saturated carbocycles. The van der Waals surface area contributed by atoms with Crippen molar-refractivity contribution in [2.24, 2.45) is 0 Å². The number of rotatable bonds is 18. The Morgan fingerprint density at radius 3 is 1.21 bits per heavy atom. The van der Waals surface area contributed by atoms with E-state index in [1.54, 1.807) is 82.6 Å². The first-order valence-corrected chi connectivity index (χ1v) is 29.4.